The van der Waals surface area contributed by atoms with Crippen LogP contribution in [-0.4, -0.2) is 11.1 Å². The molecule has 0 radical (unpaired) electrons. The van der Waals surface area contributed by atoms with Gasteiger partial charge in [0.2, 0.25) is 0 Å². The van der Waals surface area contributed by atoms with Crippen LogP contribution >= 0.6 is 0 Å². The van der Waals surface area contributed by atoms with Crippen molar-refractivity contribution in [3.05, 3.63) is 71.3 Å². The Kier molecular flexibility index (Phi) is 4.95. The van der Waals surface area contributed by atoms with Gasteiger partial charge in [0.1, 0.15) is 0 Å². The van der Waals surface area contributed by atoms with E-state index in [1.165, 1.54) is 0 Å². The Balaban J connectivity index is 1.91. The molecule has 0 aromatic heterocycles. The van der Waals surface area contributed by atoms with E-state index in [0.29, 0.717) is 6.54 Å². The van der Waals surface area contributed by atoms with Crippen molar-refractivity contribution in [1.82, 2.24) is 5.32 Å². The van der Waals surface area contributed by atoms with Crippen molar-refractivity contribution in [3.63, 3.8) is 0 Å². The van der Waals surface area contributed by atoms with Crippen LogP contribution in [0.1, 0.15) is 29.7 Å². The number of nitrogens with one attached hydrogen (secondary N) is 1. The topological polar surface area (TPSA) is 32.3 Å². The summed E-state index contributed by atoms with van der Waals surface area (Å²) in [5.74, 6) is 2.60. The molecule has 2 atom stereocenters. The third-order valence-electron chi connectivity index (χ3n) is 3.36. The monoisotopic (exact) mass is 265 g/mol. The zero-order valence-corrected chi connectivity index (χ0v) is 11.6. The molecule has 0 unspecified atom stereocenters. The Labute approximate surface area is 120 Å². The van der Waals surface area contributed by atoms with E-state index in [1.54, 1.807) is 0 Å². The highest BCUT2D eigenvalue weighted by Gasteiger charge is 2.15. The first-order valence-corrected chi connectivity index (χ1v) is 6.72. The number of aliphatic hydroxyl groups excluding tert-OH is 1. The molecule has 2 nitrogen and oxygen atoms in total. The lowest BCUT2D eigenvalue weighted by Crippen LogP contribution is -2.31. The maximum atomic E-state index is 10.3. The molecule has 0 aliphatic heterocycles. The fourth-order valence-electron chi connectivity index (χ4n) is 2.05. The van der Waals surface area contributed by atoms with Crippen LogP contribution in [0.5, 0.6) is 0 Å². The lowest BCUT2D eigenvalue weighted by molar-refractivity contribution is 0.135. The minimum absolute atomic E-state index is 0.0234. The van der Waals surface area contributed by atoms with Crippen LogP contribution in [0.3, 0.4) is 0 Å². The van der Waals surface area contributed by atoms with Gasteiger partial charge >= 0.3 is 0 Å². The summed E-state index contributed by atoms with van der Waals surface area (Å²) >= 11 is 0. The minimum Gasteiger partial charge on any atom is -0.387 e. The van der Waals surface area contributed by atoms with Crippen molar-refractivity contribution >= 4 is 0 Å². The average molecular weight is 265 g/mol. The Hall–Kier alpha value is -2.08. The molecule has 0 amide bonds. The largest absolute Gasteiger partial charge is 0.387 e. The van der Waals surface area contributed by atoms with Crippen LogP contribution in [0.2, 0.25) is 0 Å². The first-order valence-electron chi connectivity index (χ1n) is 6.72. The van der Waals surface area contributed by atoms with Crippen LogP contribution in [0, 0.1) is 12.3 Å². The second kappa shape index (κ2) is 6.91. The predicted molar refractivity (Wildman–Crippen MR) is 82.1 cm³/mol. The molecule has 0 saturated heterocycles. The van der Waals surface area contributed by atoms with Gasteiger partial charge in [0.15, 0.2) is 0 Å². The summed E-state index contributed by atoms with van der Waals surface area (Å²) in [6.45, 7) is 2.68. The van der Waals surface area contributed by atoms with Gasteiger partial charge in [-0.15, -0.1) is 6.42 Å². The highest BCUT2D eigenvalue weighted by atomic mass is 16.3. The van der Waals surface area contributed by atoms with E-state index in [2.05, 4.69) is 11.2 Å². The molecule has 0 heterocycles. The third kappa shape index (κ3) is 3.71. The molecule has 0 fully saturated rings. The molecule has 0 spiro atoms. The molecular formula is C18H19NO. The molecule has 2 aromatic rings. The number of hydrogen-bond donors (Lipinski definition) is 2. The fraction of sp³-hybridized carbons (Fsp3) is 0.222. The van der Waals surface area contributed by atoms with Crippen LogP contribution in [0.15, 0.2) is 54.6 Å². The van der Waals surface area contributed by atoms with E-state index in [4.69, 9.17) is 6.42 Å². The maximum absolute atomic E-state index is 10.3. The number of benzene rings is 2. The van der Waals surface area contributed by atoms with Gasteiger partial charge in [-0.3, -0.25) is 0 Å². The van der Waals surface area contributed by atoms with Gasteiger partial charge in [0, 0.05) is 18.2 Å². The third-order valence-corrected chi connectivity index (χ3v) is 3.36. The van der Waals surface area contributed by atoms with Crippen molar-refractivity contribution in [3.8, 4) is 12.3 Å². The Morgan fingerprint density at radius 2 is 1.75 bits per heavy atom. The van der Waals surface area contributed by atoms with Crippen LogP contribution < -0.4 is 5.32 Å². The van der Waals surface area contributed by atoms with Gasteiger partial charge in [-0.25, -0.2) is 0 Å². The van der Waals surface area contributed by atoms with Gasteiger partial charge in [-0.2, -0.15) is 0 Å². The summed E-state index contributed by atoms with van der Waals surface area (Å²) in [6.07, 6.45) is 4.81. The molecule has 0 aliphatic carbocycles. The van der Waals surface area contributed by atoms with Gasteiger partial charge in [0.05, 0.1) is 6.10 Å². The Bertz CT molecular complexity index is 569. The normalized spacial score (nSPS) is 13.4. The standard InChI is InChI=1S/C18H19NO/c1-3-15-9-11-16(12-10-15)13-19-14(2)18(20)17-7-5-4-6-8-17/h1,4-12,14,18-20H,13H2,2H3/t14-,18-/m0/s1. The van der Waals surface area contributed by atoms with Gasteiger partial charge in [0.25, 0.3) is 0 Å². The van der Waals surface area contributed by atoms with E-state index >= 15 is 0 Å². The van der Waals surface area contributed by atoms with Crippen molar-refractivity contribution in [2.45, 2.75) is 25.6 Å². The molecule has 20 heavy (non-hydrogen) atoms. The summed E-state index contributed by atoms with van der Waals surface area (Å²) in [7, 11) is 0. The second-order valence-corrected chi connectivity index (χ2v) is 4.87. The summed E-state index contributed by atoms with van der Waals surface area (Å²) < 4.78 is 0. The summed E-state index contributed by atoms with van der Waals surface area (Å²) in [5, 5.41) is 13.6. The van der Waals surface area contributed by atoms with Crippen LogP contribution in [-0.2, 0) is 6.54 Å². The van der Waals surface area contributed by atoms with Gasteiger partial charge in [-0.05, 0) is 30.2 Å². The maximum Gasteiger partial charge on any atom is 0.0940 e. The first-order chi connectivity index (χ1) is 9.70. The molecule has 2 aromatic carbocycles. The molecule has 2 N–H and O–H groups in total. The lowest BCUT2D eigenvalue weighted by Gasteiger charge is -2.20. The quantitative estimate of drug-likeness (QED) is 0.815. The second-order valence-electron chi connectivity index (χ2n) is 4.87. The van der Waals surface area contributed by atoms with Crippen molar-refractivity contribution < 1.29 is 5.11 Å². The predicted octanol–water partition coefficient (Wildman–Crippen LogP) is 2.88. The number of aliphatic hydroxyl groups is 1. The van der Waals surface area contributed by atoms with E-state index in [0.717, 1.165) is 16.7 Å². The molecular weight excluding hydrogens is 246 g/mol. The van der Waals surface area contributed by atoms with Crippen LogP contribution in [0.25, 0.3) is 0 Å². The average Bonchev–Trinajstić information content (AvgIpc) is 2.53. The molecule has 2 rings (SSSR count). The zero-order chi connectivity index (χ0) is 14.4. The number of rotatable bonds is 5. The highest BCUT2D eigenvalue weighted by molar-refractivity contribution is 5.34. The molecule has 0 bridgehead atoms. The van der Waals surface area contributed by atoms with Crippen LogP contribution in [0.4, 0.5) is 0 Å². The molecule has 102 valence electrons. The molecule has 0 aliphatic rings. The number of hydrogen-bond acceptors (Lipinski definition) is 2. The summed E-state index contributed by atoms with van der Waals surface area (Å²) in [6, 6.07) is 17.5. The SMILES string of the molecule is C#Cc1ccc(CN[C@@H](C)[C@H](O)c2ccccc2)cc1. The Morgan fingerprint density at radius 3 is 2.35 bits per heavy atom. The summed E-state index contributed by atoms with van der Waals surface area (Å²) in [5.41, 5.74) is 2.96. The van der Waals surface area contributed by atoms with E-state index in [1.807, 2.05) is 61.5 Å². The van der Waals surface area contributed by atoms with E-state index in [9.17, 15) is 5.11 Å². The zero-order valence-electron chi connectivity index (χ0n) is 11.6. The van der Waals surface area contributed by atoms with E-state index in [-0.39, 0.29) is 6.04 Å². The minimum atomic E-state index is -0.513. The van der Waals surface area contributed by atoms with Crippen molar-refractivity contribution in [2.75, 3.05) is 0 Å². The first kappa shape index (κ1) is 14.3. The Morgan fingerprint density at radius 1 is 1.10 bits per heavy atom. The lowest BCUT2D eigenvalue weighted by atomic mass is 10.0. The van der Waals surface area contributed by atoms with Gasteiger partial charge in [-0.1, -0.05) is 48.4 Å². The van der Waals surface area contributed by atoms with Gasteiger partial charge < -0.3 is 10.4 Å². The van der Waals surface area contributed by atoms with E-state index < -0.39 is 6.10 Å². The molecule has 2 heteroatoms. The smallest absolute Gasteiger partial charge is 0.0940 e. The summed E-state index contributed by atoms with van der Waals surface area (Å²) in [4.78, 5) is 0. The van der Waals surface area contributed by atoms with Crippen molar-refractivity contribution in [1.29, 1.82) is 0 Å². The molecule has 0 saturated carbocycles. The van der Waals surface area contributed by atoms with Crippen molar-refractivity contribution in [2.24, 2.45) is 0 Å². The number of terminal acetylenes is 1. The fourth-order valence-corrected chi connectivity index (χ4v) is 2.05. The highest BCUT2D eigenvalue weighted by Crippen LogP contribution is 2.16.